The molecule has 0 fully saturated rings. The molecule has 20 heavy (non-hydrogen) atoms. The molecule has 0 aliphatic carbocycles. The summed E-state index contributed by atoms with van der Waals surface area (Å²) in [5.74, 6) is 1.96. The minimum absolute atomic E-state index is 0.163. The van der Waals surface area contributed by atoms with Crippen molar-refractivity contribution >= 4 is 0 Å². The van der Waals surface area contributed by atoms with Crippen molar-refractivity contribution in [2.24, 2.45) is 5.84 Å². The Kier molecular flexibility index (Phi) is 4.36. The standard InChI is InChI=1S/C14H12F4N2/c15-10-5-9(6-11(16)7-10)14(20-19)4-8-1-2-12(17)13(18)3-8/h1-3,5-7,14,20H,4,19H2. The van der Waals surface area contributed by atoms with Gasteiger partial charge in [0.25, 0.3) is 0 Å². The fourth-order valence-electron chi connectivity index (χ4n) is 1.95. The number of rotatable bonds is 4. The van der Waals surface area contributed by atoms with Gasteiger partial charge in [-0.1, -0.05) is 6.07 Å². The number of nitrogens with one attached hydrogen (secondary N) is 1. The van der Waals surface area contributed by atoms with E-state index in [2.05, 4.69) is 5.43 Å². The molecule has 2 aromatic rings. The van der Waals surface area contributed by atoms with Gasteiger partial charge in [-0.15, -0.1) is 0 Å². The zero-order valence-electron chi connectivity index (χ0n) is 10.3. The Hall–Kier alpha value is -1.92. The smallest absolute Gasteiger partial charge is 0.159 e. The van der Waals surface area contributed by atoms with Gasteiger partial charge < -0.3 is 0 Å². The first-order chi connectivity index (χ1) is 9.49. The van der Waals surface area contributed by atoms with Gasteiger partial charge in [0.2, 0.25) is 0 Å². The Morgan fingerprint density at radius 3 is 2.10 bits per heavy atom. The molecule has 0 aliphatic rings. The normalized spacial score (nSPS) is 12.4. The highest BCUT2D eigenvalue weighted by Gasteiger charge is 2.14. The number of hydrogen-bond acceptors (Lipinski definition) is 2. The molecule has 0 saturated heterocycles. The van der Waals surface area contributed by atoms with Gasteiger partial charge in [0.05, 0.1) is 6.04 Å². The summed E-state index contributed by atoms with van der Waals surface area (Å²) in [7, 11) is 0. The summed E-state index contributed by atoms with van der Waals surface area (Å²) in [6.07, 6.45) is 0.163. The van der Waals surface area contributed by atoms with E-state index in [1.807, 2.05) is 0 Å². The number of halogens is 4. The van der Waals surface area contributed by atoms with Crippen LogP contribution < -0.4 is 11.3 Å². The van der Waals surface area contributed by atoms with E-state index in [-0.39, 0.29) is 12.0 Å². The Morgan fingerprint density at radius 1 is 0.900 bits per heavy atom. The molecule has 6 heteroatoms. The van der Waals surface area contributed by atoms with Gasteiger partial charge in [-0.05, 0) is 41.8 Å². The minimum atomic E-state index is -0.983. The highest BCUT2D eigenvalue weighted by molar-refractivity contribution is 5.25. The first-order valence-corrected chi connectivity index (χ1v) is 5.85. The maximum absolute atomic E-state index is 13.2. The molecule has 1 atom stereocenters. The van der Waals surface area contributed by atoms with Gasteiger partial charge in [-0.2, -0.15) is 0 Å². The zero-order valence-corrected chi connectivity index (χ0v) is 10.3. The molecule has 0 spiro atoms. The van der Waals surface area contributed by atoms with Gasteiger partial charge in [-0.3, -0.25) is 11.3 Å². The van der Waals surface area contributed by atoms with E-state index in [1.54, 1.807) is 0 Å². The van der Waals surface area contributed by atoms with Crippen molar-refractivity contribution in [1.29, 1.82) is 0 Å². The molecule has 0 aliphatic heterocycles. The first-order valence-electron chi connectivity index (χ1n) is 5.85. The first kappa shape index (κ1) is 14.5. The van der Waals surface area contributed by atoms with E-state index in [1.165, 1.54) is 6.07 Å². The van der Waals surface area contributed by atoms with Gasteiger partial charge in [0, 0.05) is 6.07 Å². The van der Waals surface area contributed by atoms with E-state index in [0.29, 0.717) is 5.56 Å². The molecule has 0 amide bonds. The molecule has 2 rings (SSSR count). The molecule has 0 saturated carbocycles. The fourth-order valence-corrected chi connectivity index (χ4v) is 1.95. The van der Waals surface area contributed by atoms with Crippen LogP contribution in [-0.2, 0) is 6.42 Å². The lowest BCUT2D eigenvalue weighted by Gasteiger charge is -2.17. The third-order valence-corrected chi connectivity index (χ3v) is 2.91. The van der Waals surface area contributed by atoms with Crippen LogP contribution in [0.15, 0.2) is 36.4 Å². The van der Waals surface area contributed by atoms with Gasteiger partial charge in [0.15, 0.2) is 11.6 Å². The van der Waals surface area contributed by atoms with Crippen LogP contribution in [-0.4, -0.2) is 0 Å². The highest BCUT2D eigenvalue weighted by Crippen LogP contribution is 2.21. The average molecular weight is 284 g/mol. The largest absolute Gasteiger partial charge is 0.271 e. The van der Waals surface area contributed by atoms with Gasteiger partial charge in [-0.25, -0.2) is 17.6 Å². The summed E-state index contributed by atoms with van der Waals surface area (Å²) in [5.41, 5.74) is 3.15. The van der Waals surface area contributed by atoms with Crippen molar-refractivity contribution in [3.8, 4) is 0 Å². The fraction of sp³-hybridized carbons (Fsp3) is 0.143. The van der Waals surface area contributed by atoms with Crippen molar-refractivity contribution in [1.82, 2.24) is 5.43 Å². The van der Waals surface area contributed by atoms with E-state index < -0.39 is 29.3 Å². The second-order valence-electron chi connectivity index (χ2n) is 4.37. The summed E-state index contributed by atoms with van der Waals surface area (Å²) in [4.78, 5) is 0. The molecule has 106 valence electrons. The summed E-state index contributed by atoms with van der Waals surface area (Å²) >= 11 is 0. The SMILES string of the molecule is NNC(Cc1ccc(F)c(F)c1)c1cc(F)cc(F)c1. The summed E-state index contributed by atoms with van der Waals surface area (Å²) < 4.78 is 52.3. The van der Waals surface area contributed by atoms with Crippen LogP contribution >= 0.6 is 0 Å². The maximum atomic E-state index is 13.2. The predicted octanol–water partition coefficient (Wildman–Crippen LogP) is 2.99. The van der Waals surface area contributed by atoms with Crippen LogP contribution in [0.1, 0.15) is 17.2 Å². The molecule has 2 nitrogen and oxygen atoms in total. The maximum Gasteiger partial charge on any atom is 0.159 e. The van der Waals surface area contributed by atoms with Crippen LogP contribution in [0.25, 0.3) is 0 Å². The van der Waals surface area contributed by atoms with Crippen LogP contribution in [0, 0.1) is 23.3 Å². The Labute approximate surface area is 113 Å². The topological polar surface area (TPSA) is 38.0 Å². The highest BCUT2D eigenvalue weighted by atomic mass is 19.2. The van der Waals surface area contributed by atoms with Crippen LogP contribution in [0.5, 0.6) is 0 Å². The monoisotopic (exact) mass is 284 g/mol. The van der Waals surface area contributed by atoms with Crippen LogP contribution in [0.3, 0.4) is 0 Å². The Morgan fingerprint density at radius 2 is 1.55 bits per heavy atom. The van der Waals surface area contributed by atoms with Crippen molar-refractivity contribution < 1.29 is 17.6 Å². The molecular weight excluding hydrogens is 272 g/mol. The van der Waals surface area contributed by atoms with Crippen LogP contribution in [0.2, 0.25) is 0 Å². The number of nitrogens with two attached hydrogens (primary N) is 1. The zero-order chi connectivity index (χ0) is 14.7. The van der Waals surface area contributed by atoms with Crippen molar-refractivity contribution in [2.75, 3.05) is 0 Å². The third-order valence-electron chi connectivity index (χ3n) is 2.91. The predicted molar refractivity (Wildman–Crippen MR) is 66.5 cm³/mol. The molecule has 0 bridgehead atoms. The average Bonchev–Trinajstić information content (AvgIpc) is 2.38. The van der Waals surface area contributed by atoms with E-state index >= 15 is 0 Å². The number of benzene rings is 2. The molecule has 0 aromatic heterocycles. The summed E-state index contributed by atoms with van der Waals surface area (Å²) in [5, 5.41) is 0. The second-order valence-corrected chi connectivity index (χ2v) is 4.37. The third kappa shape index (κ3) is 3.34. The van der Waals surface area contributed by atoms with Gasteiger partial charge >= 0.3 is 0 Å². The summed E-state index contributed by atoms with van der Waals surface area (Å²) in [6, 6.07) is 5.79. The van der Waals surface area contributed by atoms with Crippen molar-refractivity contribution in [2.45, 2.75) is 12.5 Å². The Bertz CT molecular complexity index is 596. The lowest BCUT2D eigenvalue weighted by Crippen LogP contribution is -2.29. The van der Waals surface area contributed by atoms with Crippen molar-refractivity contribution in [3.05, 3.63) is 70.8 Å². The number of hydrazine groups is 1. The number of hydrogen-bond donors (Lipinski definition) is 2. The molecule has 0 heterocycles. The molecule has 0 radical (unpaired) electrons. The van der Waals surface area contributed by atoms with Crippen molar-refractivity contribution in [3.63, 3.8) is 0 Å². The summed E-state index contributed by atoms with van der Waals surface area (Å²) in [6.45, 7) is 0. The molecule has 2 aromatic carbocycles. The Balaban J connectivity index is 2.26. The second kappa shape index (κ2) is 6.02. The molecule has 1 unspecified atom stereocenters. The minimum Gasteiger partial charge on any atom is -0.271 e. The lowest BCUT2D eigenvalue weighted by atomic mass is 9.99. The quantitative estimate of drug-likeness (QED) is 0.514. The molecule has 3 N–H and O–H groups in total. The van der Waals surface area contributed by atoms with E-state index in [9.17, 15) is 17.6 Å². The van der Waals surface area contributed by atoms with Crippen LogP contribution in [0.4, 0.5) is 17.6 Å². The van der Waals surface area contributed by atoms with E-state index in [0.717, 1.165) is 30.3 Å². The lowest BCUT2D eigenvalue weighted by molar-refractivity contribution is 0.501. The van der Waals surface area contributed by atoms with E-state index in [4.69, 9.17) is 5.84 Å². The molecular formula is C14H12F4N2. The van der Waals surface area contributed by atoms with Gasteiger partial charge in [0.1, 0.15) is 11.6 Å².